The smallest absolute Gasteiger partial charge is 0.134 e. The van der Waals surface area contributed by atoms with Crippen molar-refractivity contribution in [2.45, 2.75) is 45.1 Å². The molecular weight excluding hydrogens is 212 g/mol. The maximum Gasteiger partial charge on any atom is 0.134 e. The summed E-state index contributed by atoms with van der Waals surface area (Å²) < 4.78 is 0. The zero-order chi connectivity index (χ0) is 12.1. The van der Waals surface area contributed by atoms with E-state index < -0.39 is 6.10 Å². The first kappa shape index (κ1) is 12.4. The van der Waals surface area contributed by atoms with Crippen LogP contribution in [0.2, 0.25) is 0 Å². The van der Waals surface area contributed by atoms with Crippen molar-refractivity contribution in [2.24, 2.45) is 0 Å². The van der Waals surface area contributed by atoms with Crippen molar-refractivity contribution in [2.75, 3.05) is 18.0 Å². The summed E-state index contributed by atoms with van der Waals surface area (Å²) in [5, 5.41) is 9.79. The van der Waals surface area contributed by atoms with Crippen molar-refractivity contribution in [1.82, 2.24) is 4.98 Å². The molecule has 1 atom stereocenters. The molecule has 1 fully saturated rings. The number of pyridine rings is 1. The Morgan fingerprint density at radius 2 is 1.82 bits per heavy atom. The summed E-state index contributed by atoms with van der Waals surface area (Å²) in [5.41, 5.74) is 0.952. The third kappa shape index (κ3) is 3.19. The standard InChI is InChI=1S/C14H22N2O/c1-12(17)13-8-7-9-15-14(13)16-10-5-3-2-4-6-11-16/h7-9,12,17H,2-6,10-11H2,1H3. The molecular formula is C14H22N2O. The lowest BCUT2D eigenvalue weighted by atomic mass is 10.1. The van der Waals surface area contributed by atoms with E-state index in [1.54, 1.807) is 0 Å². The minimum atomic E-state index is -0.441. The van der Waals surface area contributed by atoms with E-state index in [-0.39, 0.29) is 0 Å². The fraction of sp³-hybridized carbons (Fsp3) is 0.643. The Kier molecular flexibility index (Phi) is 4.37. The minimum Gasteiger partial charge on any atom is -0.389 e. The maximum atomic E-state index is 9.79. The highest BCUT2D eigenvalue weighted by Gasteiger charge is 2.16. The van der Waals surface area contributed by atoms with E-state index in [4.69, 9.17) is 0 Å². The normalized spacial score (nSPS) is 19.5. The molecule has 3 heteroatoms. The van der Waals surface area contributed by atoms with Crippen LogP contribution in [0.1, 0.15) is 50.7 Å². The van der Waals surface area contributed by atoms with Crippen LogP contribution in [-0.4, -0.2) is 23.2 Å². The molecule has 1 aliphatic heterocycles. The highest BCUT2D eigenvalue weighted by molar-refractivity contribution is 5.47. The van der Waals surface area contributed by atoms with Gasteiger partial charge in [-0.05, 0) is 25.8 Å². The van der Waals surface area contributed by atoms with Gasteiger partial charge in [0.1, 0.15) is 5.82 Å². The zero-order valence-corrected chi connectivity index (χ0v) is 10.6. The Labute approximate surface area is 103 Å². The van der Waals surface area contributed by atoms with Gasteiger partial charge < -0.3 is 10.0 Å². The Morgan fingerprint density at radius 3 is 2.47 bits per heavy atom. The zero-order valence-electron chi connectivity index (χ0n) is 10.6. The molecule has 0 bridgehead atoms. The van der Waals surface area contributed by atoms with E-state index >= 15 is 0 Å². The van der Waals surface area contributed by atoms with Crippen molar-refractivity contribution in [3.05, 3.63) is 23.9 Å². The predicted octanol–water partition coefficient (Wildman–Crippen LogP) is 2.91. The van der Waals surface area contributed by atoms with Crippen molar-refractivity contribution < 1.29 is 5.11 Å². The van der Waals surface area contributed by atoms with Crippen molar-refractivity contribution in [1.29, 1.82) is 0 Å². The SMILES string of the molecule is CC(O)c1cccnc1N1CCCCCCC1. The molecule has 1 aromatic heterocycles. The summed E-state index contributed by atoms with van der Waals surface area (Å²) in [6, 6.07) is 3.88. The molecule has 94 valence electrons. The first-order valence-corrected chi connectivity index (χ1v) is 6.67. The van der Waals surface area contributed by atoms with Gasteiger partial charge in [-0.3, -0.25) is 0 Å². The predicted molar refractivity (Wildman–Crippen MR) is 70.2 cm³/mol. The van der Waals surface area contributed by atoms with Crippen LogP contribution in [-0.2, 0) is 0 Å². The summed E-state index contributed by atoms with van der Waals surface area (Å²) in [6.45, 7) is 3.94. The van der Waals surface area contributed by atoms with Crippen molar-refractivity contribution in [3.63, 3.8) is 0 Å². The lowest BCUT2D eigenvalue weighted by Gasteiger charge is -2.28. The lowest BCUT2D eigenvalue weighted by Crippen LogP contribution is -2.29. The second-order valence-electron chi connectivity index (χ2n) is 4.85. The third-order valence-electron chi connectivity index (χ3n) is 3.42. The van der Waals surface area contributed by atoms with Gasteiger partial charge in [0.25, 0.3) is 0 Å². The molecule has 1 saturated heterocycles. The Bertz CT molecular complexity index is 344. The average Bonchev–Trinajstić information content (AvgIpc) is 2.28. The minimum absolute atomic E-state index is 0.441. The number of anilines is 1. The largest absolute Gasteiger partial charge is 0.389 e. The average molecular weight is 234 g/mol. The summed E-state index contributed by atoms with van der Waals surface area (Å²) in [4.78, 5) is 6.80. The number of hydrogen-bond acceptors (Lipinski definition) is 3. The van der Waals surface area contributed by atoms with Crippen molar-refractivity contribution >= 4 is 5.82 Å². The molecule has 1 aliphatic rings. The van der Waals surface area contributed by atoms with Gasteiger partial charge in [-0.2, -0.15) is 0 Å². The molecule has 1 aromatic rings. The monoisotopic (exact) mass is 234 g/mol. The third-order valence-corrected chi connectivity index (χ3v) is 3.42. The Balaban J connectivity index is 2.18. The molecule has 3 nitrogen and oxygen atoms in total. The van der Waals surface area contributed by atoms with Crippen LogP contribution in [0.3, 0.4) is 0 Å². The van der Waals surface area contributed by atoms with Gasteiger partial charge in [0, 0.05) is 24.8 Å². The van der Waals surface area contributed by atoms with Gasteiger partial charge in [0.05, 0.1) is 6.10 Å². The summed E-state index contributed by atoms with van der Waals surface area (Å²) >= 11 is 0. The highest BCUT2D eigenvalue weighted by atomic mass is 16.3. The second-order valence-corrected chi connectivity index (χ2v) is 4.85. The molecule has 2 heterocycles. The van der Waals surface area contributed by atoms with E-state index in [0.29, 0.717) is 0 Å². The van der Waals surface area contributed by atoms with E-state index in [1.165, 1.54) is 32.1 Å². The highest BCUT2D eigenvalue weighted by Crippen LogP contribution is 2.25. The first-order valence-electron chi connectivity index (χ1n) is 6.67. The van der Waals surface area contributed by atoms with Gasteiger partial charge in [-0.15, -0.1) is 0 Å². The van der Waals surface area contributed by atoms with Gasteiger partial charge >= 0.3 is 0 Å². The molecule has 0 aromatic carbocycles. The van der Waals surface area contributed by atoms with E-state index in [2.05, 4.69) is 9.88 Å². The van der Waals surface area contributed by atoms with Crippen LogP contribution in [0, 0.1) is 0 Å². The molecule has 0 aliphatic carbocycles. The summed E-state index contributed by atoms with van der Waals surface area (Å²) in [7, 11) is 0. The molecule has 0 amide bonds. The Morgan fingerprint density at radius 1 is 1.18 bits per heavy atom. The van der Waals surface area contributed by atoms with E-state index in [0.717, 1.165) is 24.5 Å². The maximum absolute atomic E-state index is 9.79. The van der Waals surface area contributed by atoms with Gasteiger partial charge in [-0.1, -0.05) is 25.3 Å². The fourth-order valence-corrected chi connectivity index (χ4v) is 2.46. The molecule has 1 unspecified atom stereocenters. The number of aliphatic hydroxyl groups is 1. The van der Waals surface area contributed by atoms with Crippen LogP contribution >= 0.6 is 0 Å². The topological polar surface area (TPSA) is 36.4 Å². The number of hydrogen-bond donors (Lipinski definition) is 1. The van der Waals surface area contributed by atoms with Crippen LogP contribution in [0.4, 0.5) is 5.82 Å². The van der Waals surface area contributed by atoms with Crippen molar-refractivity contribution in [3.8, 4) is 0 Å². The molecule has 0 radical (unpaired) electrons. The Hall–Kier alpha value is -1.09. The van der Waals surface area contributed by atoms with Crippen LogP contribution in [0.25, 0.3) is 0 Å². The van der Waals surface area contributed by atoms with Crippen LogP contribution < -0.4 is 4.90 Å². The number of nitrogens with zero attached hydrogens (tertiary/aromatic N) is 2. The second kappa shape index (κ2) is 6.01. The van der Waals surface area contributed by atoms with E-state index in [1.807, 2.05) is 25.3 Å². The molecule has 17 heavy (non-hydrogen) atoms. The molecule has 1 N–H and O–H groups in total. The van der Waals surface area contributed by atoms with Crippen LogP contribution in [0.5, 0.6) is 0 Å². The first-order chi connectivity index (χ1) is 8.29. The van der Waals surface area contributed by atoms with Crippen LogP contribution in [0.15, 0.2) is 18.3 Å². The number of aliphatic hydroxyl groups excluding tert-OH is 1. The van der Waals surface area contributed by atoms with Gasteiger partial charge in [-0.25, -0.2) is 4.98 Å². The molecule has 2 rings (SSSR count). The lowest BCUT2D eigenvalue weighted by molar-refractivity contribution is 0.199. The fourth-order valence-electron chi connectivity index (χ4n) is 2.46. The number of rotatable bonds is 2. The van der Waals surface area contributed by atoms with E-state index in [9.17, 15) is 5.11 Å². The quantitative estimate of drug-likeness (QED) is 0.854. The number of aromatic nitrogens is 1. The van der Waals surface area contributed by atoms with Gasteiger partial charge in [0.15, 0.2) is 0 Å². The molecule has 0 saturated carbocycles. The molecule has 0 spiro atoms. The summed E-state index contributed by atoms with van der Waals surface area (Å²) in [5.74, 6) is 0.976. The summed E-state index contributed by atoms with van der Waals surface area (Å²) in [6.07, 6.45) is 7.83. The van der Waals surface area contributed by atoms with Gasteiger partial charge in [0.2, 0.25) is 0 Å².